The number of pyridine rings is 1. The molecule has 1 aromatic rings. The van der Waals surface area contributed by atoms with Crippen molar-refractivity contribution in [2.45, 2.75) is 26.7 Å². The maximum absolute atomic E-state index is 8.67. The van der Waals surface area contributed by atoms with Gasteiger partial charge in [-0.2, -0.15) is 5.26 Å². The lowest BCUT2D eigenvalue weighted by molar-refractivity contribution is 0.287. The molecule has 80 valence electrons. The van der Waals surface area contributed by atoms with Crippen molar-refractivity contribution in [2.75, 3.05) is 6.61 Å². The minimum absolute atomic E-state index is 0.540. The molecule has 1 rings (SSSR count). The molecule has 0 unspecified atom stereocenters. The van der Waals surface area contributed by atoms with E-state index < -0.39 is 0 Å². The highest BCUT2D eigenvalue weighted by Gasteiger charge is 1.98. The Balaban J connectivity index is 2.35. The summed E-state index contributed by atoms with van der Waals surface area (Å²) in [4.78, 5) is 4.03. The van der Waals surface area contributed by atoms with E-state index in [0.29, 0.717) is 24.0 Å². The SMILES string of the molecule is CC(C)CCCOc1cc(C#N)ccn1. The third-order valence-electron chi connectivity index (χ3n) is 2.04. The molecule has 0 aliphatic heterocycles. The van der Waals surface area contributed by atoms with Crippen LogP contribution < -0.4 is 4.74 Å². The zero-order chi connectivity index (χ0) is 11.1. The molecule has 0 saturated carbocycles. The van der Waals surface area contributed by atoms with E-state index in [-0.39, 0.29) is 0 Å². The molecule has 0 saturated heterocycles. The summed E-state index contributed by atoms with van der Waals surface area (Å²) in [6.07, 6.45) is 3.77. The fraction of sp³-hybridized carbons (Fsp3) is 0.500. The van der Waals surface area contributed by atoms with Crippen LogP contribution in [0.4, 0.5) is 0 Å². The van der Waals surface area contributed by atoms with Gasteiger partial charge in [0.1, 0.15) is 0 Å². The van der Waals surface area contributed by atoms with E-state index in [0.717, 1.165) is 12.8 Å². The highest BCUT2D eigenvalue weighted by atomic mass is 16.5. The van der Waals surface area contributed by atoms with Crippen molar-refractivity contribution in [3.63, 3.8) is 0 Å². The largest absolute Gasteiger partial charge is 0.478 e. The van der Waals surface area contributed by atoms with Crippen LogP contribution in [-0.4, -0.2) is 11.6 Å². The van der Waals surface area contributed by atoms with Crippen LogP contribution >= 0.6 is 0 Å². The standard InChI is InChI=1S/C12H16N2O/c1-10(2)4-3-7-15-12-8-11(9-13)5-6-14-12/h5-6,8,10H,3-4,7H2,1-2H3. The number of rotatable bonds is 5. The van der Waals surface area contributed by atoms with E-state index in [1.807, 2.05) is 0 Å². The van der Waals surface area contributed by atoms with Gasteiger partial charge in [0.15, 0.2) is 0 Å². The van der Waals surface area contributed by atoms with E-state index in [1.54, 1.807) is 18.3 Å². The first-order chi connectivity index (χ1) is 7.22. The van der Waals surface area contributed by atoms with Crippen LogP contribution in [0, 0.1) is 17.2 Å². The zero-order valence-corrected chi connectivity index (χ0v) is 9.23. The van der Waals surface area contributed by atoms with E-state index >= 15 is 0 Å². The summed E-state index contributed by atoms with van der Waals surface area (Å²) >= 11 is 0. The van der Waals surface area contributed by atoms with Gasteiger partial charge in [-0.15, -0.1) is 0 Å². The molecule has 0 aliphatic carbocycles. The monoisotopic (exact) mass is 204 g/mol. The summed E-state index contributed by atoms with van der Waals surface area (Å²) in [6, 6.07) is 5.39. The number of aromatic nitrogens is 1. The maximum Gasteiger partial charge on any atom is 0.214 e. The van der Waals surface area contributed by atoms with Gasteiger partial charge in [-0.1, -0.05) is 13.8 Å². The van der Waals surface area contributed by atoms with Crippen LogP contribution in [0.25, 0.3) is 0 Å². The average Bonchev–Trinajstić information content (AvgIpc) is 2.24. The normalized spacial score (nSPS) is 10.0. The Labute approximate surface area is 90.7 Å². The first-order valence-corrected chi connectivity index (χ1v) is 5.21. The molecule has 1 heterocycles. The molecule has 0 N–H and O–H groups in total. The van der Waals surface area contributed by atoms with Crippen LogP contribution in [0.15, 0.2) is 18.3 Å². The highest BCUT2D eigenvalue weighted by molar-refractivity contribution is 5.31. The van der Waals surface area contributed by atoms with Crippen molar-refractivity contribution in [2.24, 2.45) is 5.92 Å². The molecule has 15 heavy (non-hydrogen) atoms. The van der Waals surface area contributed by atoms with Crippen LogP contribution in [0.2, 0.25) is 0 Å². The Morgan fingerprint density at radius 2 is 2.33 bits per heavy atom. The lowest BCUT2D eigenvalue weighted by Crippen LogP contribution is -2.01. The fourth-order valence-electron chi connectivity index (χ4n) is 1.23. The number of nitrogens with zero attached hydrogens (tertiary/aromatic N) is 2. The Morgan fingerprint density at radius 1 is 1.53 bits per heavy atom. The predicted molar refractivity (Wildman–Crippen MR) is 58.5 cm³/mol. The van der Waals surface area contributed by atoms with Crippen molar-refractivity contribution >= 4 is 0 Å². The van der Waals surface area contributed by atoms with Crippen molar-refractivity contribution in [1.82, 2.24) is 4.98 Å². The number of hydrogen-bond acceptors (Lipinski definition) is 3. The highest BCUT2D eigenvalue weighted by Crippen LogP contribution is 2.10. The maximum atomic E-state index is 8.67. The topological polar surface area (TPSA) is 45.9 Å². The summed E-state index contributed by atoms with van der Waals surface area (Å²) in [5, 5.41) is 8.67. The van der Waals surface area contributed by atoms with E-state index in [4.69, 9.17) is 10.00 Å². The van der Waals surface area contributed by atoms with Gasteiger partial charge in [-0.05, 0) is 24.8 Å². The predicted octanol–water partition coefficient (Wildman–Crippen LogP) is 2.77. The van der Waals surface area contributed by atoms with Gasteiger partial charge >= 0.3 is 0 Å². The molecular formula is C12H16N2O. The minimum atomic E-state index is 0.540. The summed E-state index contributed by atoms with van der Waals surface area (Å²) in [5.41, 5.74) is 0.587. The second kappa shape index (κ2) is 6.02. The van der Waals surface area contributed by atoms with Gasteiger partial charge in [0.05, 0.1) is 18.2 Å². The molecule has 0 fully saturated rings. The minimum Gasteiger partial charge on any atom is -0.478 e. The van der Waals surface area contributed by atoms with Crippen molar-refractivity contribution in [3.05, 3.63) is 23.9 Å². The Morgan fingerprint density at radius 3 is 3.00 bits per heavy atom. The molecule has 3 nitrogen and oxygen atoms in total. The number of ether oxygens (including phenoxy) is 1. The van der Waals surface area contributed by atoms with Crippen molar-refractivity contribution in [3.8, 4) is 11.9 Å². The van der Waals surface area contributed by atoms with Crippen LogP contribution in [0.5, 0.6) is 5.88 Å². The third-order valence-corrected chi connectivity index (χ3v) is 2.04. The molecule has 0 spiro atoms. The Hall–Kier alpha value is -1.56. The van der Waals surface area contributed by atoms with Crippen LogP contribution in [-0.2, 0) is 0 Å². The van der Waals surface area contributed by atoms with E-state index in [2.05, 4.69) is 24.9 Å². The lowest BCUT2D eigenvalue weighted by atomic mass is 10.1. The Kier molecular flexibility index (Phi) is 4.62. The summed E-state index contributed by atoms with van der Waals surface area (Å²) in [6.45, 7) is 5.04. The fourth-order valence-corrected chi connectivity index (χ4v) is 1.23. The van der Waals surface area contributed by atoms with Crippen LogP contribution in [0.3, 0.4) is 0 Å². The first kappa shape index (κ1) is 11.5. The average molecular weight is 204 g/mol. The smallest absolute Gasteiger partial charge is 0.214 e. The lowest BCUT2D eigenvalue weighted by Gasteiger charge is -2.06. The number of nitriles is 1. The van der Waals surface area contributed by atoms with Gasteiger partial charge in [0.2, 0.25) is 5.88 Å². The van der Waals surface area contributed by atoms with Gasteiger partial charge in [0, 0.05) is 12.3 Å². The summed E-state index contributed by atoms with van der Waals surface area (Å²) in [7, 11) is 0. The second-order valence-corrected chi connectivity index (χ2v) is 3.88. The molecule has 0 aromatic carbocycles. The zero-order valence-electron chi connectivity index (χ0n) is 9.23. The quantitative estimate of drug-likeness (QED) is 0.693. The van der Waals surface area contributed by atoms with Crippen LogP contribution in [0.1, 0.15) is 32.3 Å². The third kappa shape index (κ3) is 4.46. The molecule has 3 heteroatoms. The van der Waals surface area contributed by atoms with Gasteiger partial charge in [0.25, 0.3) is 0 Å². The molecule has 0 radical (unpaired) electrons. The summed E-state index contributed by atoms with van der Waals surface area (Å²) < 4.78 is 5.44. The molecule has 1 aromatic heterocycles. The molecular weight excluding hydrogens is 188 g/mol. The van der Waals surface area contributed by atoms with E-state index in [1.165, 1.54) is 0 Å². The number of hydrogen-bond donors (Lipinski definition) is 0. The van der Waals surface area contributed by atoms with Crippen molar-refractivity contribution in [1.29, 1.82) is 5.26 Å². The molecule has 0 atom stereocenters. The molecule has 0 amide bonds. The van der Waals surface area contributed by atoms with Crippen molar-refractivity contribution < 1.29 is 4.74 Å². The Bertz CT molecular complexity index is 342. The summed E-state index contributed by atoms with van der Waals surface area (Å²) in [5.74, 6) is 1.24. The van der Waals surface area contributed by atoms with E-state index in [9.17, 15) is 0 Å². The molecule has 0 bridgehead atoms. The van der Waals surface area contributed by atoms with Gasteiger partial charge < -0.3 is 4.74 Å². The molecule has 0 aliphatic rings. The van der Waals surface area contributed by atoms with Gasteiger partial charge in [-0.3, -0.25) is 0 Å². The van der Waals surface area contributed by atoms with Gasteiger partial charge in [-0.25, -0.2) is 4.98 Å². The second-order valence-electron chi connectivity index (χ2n) is 3.88. The first-order valence-electron chi connectivity index (χ1n) is 5.21.